The summed E-state index contributed by atoms with van der Waals surface area (Å²) in [5, 5.41) is 2.49. The van der Waals surface area contributed by atoms with Gasteiger partial charge >= 0.3 is 0 Å². The summed E-state index contributed by atoms with van der Waals surface area (Å²) in [4.78, 5) is 29.0. The number of rotatable bonds is 5. The monoisotopic (exact) mass is 267 g/mol. The van der Waals surface area contributed by atoms with Crippen LogP contribution in [0.5, 0.6) is 0 Å². The van der Waals surface area contributed by atoms with Crippen molar-refractivity contribution < 1.29 is 14.0 Å². The average molecular weight is 267 g/mol. The smallest absolute Gasteiger partial charge is 0.255 e. The molecular weight excluding hydrogens is 249 g/mol. The first-order valence-electron chi connectivity index (χ1n) is 6.20. The first-order chi connectivity index (χ1) is 9.01. The number of nitrogens with one attached hydrogen (secondary N) is 1. The summed E-state index contributed by atoms with van der Waals surface area (Å²) in [5.41, 5.74) is -0.116. The topological polar surface area (TPSA) is 62.3 Å². The maximum Gasteiger partial charge on any atom is 0.255 e. The standard InChI is InChI=1S/C13H18FN3O2/c1-4-17(5-2)13(19)9(3)16-12(18)10-6-7-15-8-11(10)14/h6-9H,4-5H2,1-3H3,(H,16,18). The molecule has 104 valence electrons. The third-order valence-corrected chi connectivity index (χ3v) is 2.81. The molecule has 19 heavy (non-hydrogen) atoms. The van der Waals surface area contributed by atoms with Gasteiger partial charge in [0.05, 0.1) is 11.8 Å². The fourth-order valence-corrected chi connectivity index (χ4v) is 1.70. The zero-order chi connectivity index (χ0) is 14.4. The van der Waals surface area contributed by atoms with E-state index in [2.05, 4.69) is 10.3 Å². The molecule has 0 aliphatic carbocycles. The fraction of sp³-hybridized carbons (Fsp3) is 0.462. The Balaban J connectivity index is 2.72. The van der Waals surface area contributed by atoms with Crippen LogP contribution in [0.3, 0.4) is 0 Å². The Bertz CT molecular complexity index is 461. The molecule has 1 aromatic heterocycles. The van der Waals surface area contributed by atoms with Crippen molar-refractivity contribution in [2.24, 2.45) is 0 Å². The van der Waals surface area contributed by atoms with Crippen LogP contribution in [0, 0.1) is 5.82 Å². The second-order valence-electron chi connectivity index (χ2n) is 4.06. The third-order valence-electron chi connectivity index (χ3n) is 2.81. The van der Waals surface area contributed by atoms with Crippen molar-refractivity contribution in [2.45, 2.75) is 26.8 Å². The minimum Gasteiger partial charge on any atom is -0.341 e. The number of likely N-dealkylation sites (N-methyl/N-ethyl adjacent to an activating group) is 1. The van der Waals surface area contributed by atoms with Gasteiger partial charge in [-0.2, -0.15) is 0 Å². The number of hydrogen-bond acceptors (Lipinski definition) is 3. The van der Waals surface area contributed by atoms with Crippen molar-refractivity contribution in [1.29, 1.82) is 0 Å². The first-order valence-corrected chi connectivity index (χ1v) is 6.20. The number of pyridine rings is 1. The van der Waals surface area contributed by atoms with Gasteiger partial charge in [0.25, 0.3) is 5.91 Å². The van der Waals surface area contributed by atoms with Gasteiger partial charge in [-0.3, -0.25) is 14.6 Å². The van der Waals surface area contributed by atoms with E-state index in [-0.39, 0.29) is 11.5 Å². The van der Waals surface area contributed by atoms with Crippen LogP contribution in [0.1, 0.15) is 31.1 Å². The van der Waals surface area contributed by atoms with Gasteiger partial charge in [-0.05, 0) is 26.8 Å². The van der Waals surface area contributed by atoms with Crippen molar-refractivity contribution >= 4 is 11.8 Å². The summed E-state index contributed by atoms with van der Waals surface area (Å²) < 4.78 is 13.4. The van der Waals surface area contributed by atoms with Crippen molar-refractivity contribution in [2.75, 3.05) is 13.1 Å². The minimum absolute atomic E-state index is 0.116. The van der Waals surface area contributed by atoms with Gasteiger partial charge in [0, 0.05) is 19.3 Å². The molecule has 1 rings (SSSR count). The van der Waals surface area contributed by atoms with Gasteiger partial charge in [-0.25, -0.2) is 4.39 Å². The third kappa shape index (κ3) is 3.74. The largest absolute Gasteiger partial charge is 0.341 e. The highest BCUT2D eigenvalue weighted by Crippen LogP contribution is 2.05. The van der Waals surface area contributed by atoms with E-state index in [1.807, 2.05) is 13.8 Å². The fourth-order valence-electron chi connectivity index (χ4n) is 1.70. The van der Waals surface area contributed by atoms with E-state index in [9.17, 15) is 14.0 Å². The lowest BCUT2D eigenvalue weighted by molar-refractivity contribution is -0.132. The molecular formula is C13H18FN3O2. The molecule has 0 bridgehead atoms. The molecule has 1 atom stereocenters. The van der Waals surface area contributed by atoms with E-state index in [1.54, 1.807) is 11.8 Å². The predicted molar refractivity (Wildman–Crippen MR) is 69.1 cm³/mol. The quantitative estimate of drug-likeness (QED) is 0.872. The van der Waals surface area contributed by atoms with Crippen molar-refractivity contribution in [3.63, 3.8) is 0 Å². The molecule has 5 nitrogen and oxygen atoms in total. The molecule has 0 saturated heterocycles. The summed E-state index contributed by atoms with van der Waals surface area (Å²) in [6, 6.07) is 0.583. The number of carbonyl (C=O) groups is 2. The summed E-state index contributed by atoms with van der Waals surface area (Å²) in [5.74, 6) is -1.51. The highest BCUT2D eigenvalue weighted by molar-refractivity contribution is 5.97. The lowest BCUT2D eigenvalue weighted by Crippen LogP contribution is -2.47. The normalized spacial score (nSPS) is 11.8. The molecule has 1 aromatic rings. The van der Waals surface area contributed by atoms with E-state index in [4.69, 9.17) is 0 Å². The van der Waals surface area contributed by atoms with Gasteiger partial charge in [0.2, 0.25) is 5.91 Å². The lowest BCUT2D eigenvalue weighted by Gasteiger charge is -2.23. The van der Waals surface area contributed by atoms with Crippen molar-refractivity contribution in [3.05, 3.63) is 29.8 Å². The lowest BCUT2D eigenvalue weighted by atomic mass is 10.2. The average Bonchev–Trinajstić information content (AvgIpc) is 2.40. The second-order valence-corrected chi connectivity index (χ2v) is 4.06. The van der Waals surface area contributed by atoms with Crippen LogP contribution < -0.4 is 5.32 Å². The van der Waals surface area contributed by atoms with Crippen LogP contribution >= 0.6 is 0 Å². The highest BCUT2D eigenvalue weighted by atomic mass is 19.1. The van der Waals surface area contributed by atoms with Crippen molar-refractivity contribution in [1.82, 2.24) is 15.2 Å². The molecule has 1 unspecified atom stereocenters. The maximum absolute atomic E-state index is 13.4. The number of carbonyl (C=O) groups excluding carboxylic acids is 2. The van der Waals surface area contributed by atoms with Gasteiger partial charge in [0.15, 0.2) is 5.82 Å². The molecule has 0 aromatic carbocycles. The molecule has 2 amide bonds. The Labute approximate surface area is 111 Å². The van der Waals surface area contributed by atoms with E-state index in [0.29, 0.717) is 13.1 Å². The second kappa shape index (κ2) is 6.82. The number of amides is 2. The van der Waals surface area contributed by atoms with E-state index < -0.39 is 17.8 Å². The first kappa shape index (κ1) is 15.1. The highest BCUT2D eigenvalue weighted by Gasteiger charge is 2.21. The van der Waals surface area contributed by atoms with E-state index >= 15 is 0 Å². The van der Waals surface area contributed by atoms with Crippen LogP contribution in [0.15, 0.2) is 18.5 Å². The van der Waals surface area contributed by atoms with Crippen LogP contribution in [0.25, 0.3) is 0 Å². The summed E-state index contributed by atoms with van der Waals surface area (Å²) >= 11 is 0. The number of nitrogens with zero attached hydrogens (tertiary/aromatic N) is 2. The predicted octanol–water partition coefficient (Wildman–Crippen LogP) is 1.21. The zero-order valence-corrected chi connectivity index (χ0v) is 11.3. The summed E-state index contributed by atoms with van der Waals surface area (Å²) in [6.45, 7) is 6.44. The van der Waals surface area contributed by atoms with Crippen LogP contribution in [-0.4, -0.2) is 40.8 Å². The van der Waals surface area contributed by atoms with E-state index in [1.165, 1.54) is 12.3 Å². The SMILES string of the molecule is CCN(CC)C(=O)C(C)NC(=O)c1ccncc1F. The summed E-state index contributed by atoms with van der Waals surface area (Å²) in [7, 11) is 0. The Kier molecular flexibility index (Phi) is 5.41. The molecule has 0 aliphatic rings. The Morgan fingerprint density at radius 1 is 1.42 bits per heavy atom. The molecule has 0 radical (unpaired) electrons. The summed E-state index contributed by atoms with van der Waals surface area (Å²) in [6.07, 6.45) is 2.29. The molecule has 0 fully saturated rings. The number of aromatic nitrogens is 1. The number of hydrogen-bond donors (Lipinski definition) is 1. The van der Waals surface area contributed by atoms with Gasteiger partial charge < -0.3 is 10.2 Å². The number of halogens is 1. The molecule has 0 spiro atoms. The van der Waals surface area contributed by atoms with Gasteiger partial charge in [0.1, 0.15) is 6.04 Å². The van der Waals surface area contributed by atoms with Gasteiger partial charge in [-0.15, -0.1) is 0 Å². The Hall–Kier alpha value is -1.98. The van der Waals surface area contributed by atoms with Crippen molar-refractivity contribution in [3.8, 4) is 0 Å². The zero-order valence-electron chi connectivity index (χ0n) is 11.3. The molecule has 0 saturated carbocycles. The molecule has 6 heteroatoms. The maximum atomic E-state index is 13.4. The molecule has 1 heterocycles. The molecule has 1 N–H and O–H groups in total. The molecule has 0 aliphatic heterocycles. The van der Waals surface area contributed by atoms with Gasteiger partial charge in [-0.1, -0.05) is 0 Å². The van der Waals surface area contributed by atoms with Crippen LogP contribution in [0.2, 0.25) is 0 Å². The Morgan fingerprint density at radius 2 is 2.05 bits per heavy atom. The minimum atomic E-state index is -0.706. The van der Waals surface area contributed by atoms with Crippen LogP contribution in [-0.2, 0) is 4.79 Å². The Morgan fingerprint density at radius 3 is 2.58 bits per heavy atom. The van der Waals surface area contributed by atoms with Crippen LogP contribution in [0.4, 0.5) is 4.39 Å². The van der Waals surface area contributed by atoms with E-state index in [0.717, 1.165) is 6.20 Å².